The molecular formula is C9H17O. The SMILES string of the molecule is CC(C)CCC(C)(C)[C]=O. The Bertz CT molecular complexity index is 103. The zero-order chi connectivity index (χ0) is 8.20. The molecule has 0 aromatic rings. The number of hydrogen-bond acceptors (Lipinski definition) is 1. The summed E-state index contributed by atoms with van der Waals surface area (Å²) < 4.78 is 0. The van der Waals surface area contributed by atoms with E-state index in [1.165, 1.54) is 0 Å². The molecule has 0 unspecified atom stereocenters. The number of hydrogen-bond donors (Lipinski definition) is 0. The Morgan fingerprint density at radius 3 is 2.20 bits per heavy atom. The molecule has 59 valence electrons. The monoisotopic (exact) mass is 141 g/mol. The van der Waals surface area contributed by atoms with E-state index in [2.05, 4.69) is 13.8 Å². The minimum Gasteiger partial charge on any atom is -0.290 e. The molecule has 0 rings (SSSR count). The lowest BCUT2D eigenvalue weighted by Gasteiger charge is -2.16. The molecule has 0 aliphatic carbocycles. The zero-order valence-electron chi connectivity index (χ0n) is 7.40. The van der Waals surface area contributed by atoms with E-state index in [4.69, 9.17) is 0 Å². The van der Waals surface area contributed by atoms with Crippen molar-refractivity contribution in [3.8, 4) is 0 Å². The normalized spacial score (nSPS) is 12.1. The van der Waals surface area contributed by atoms with Gasteiger partial charge in [-0.05, 0) is 12.3 Å². The molecule has 0 aromatic carbocycles. The van der Waals surface area contributed by atoms with Gasteiger partial charge in [-0.15, -0.1) is 0 Å². The van der Waals surface area contributed by atoms with Crippen molar-refractivity contribution in [2.75, 3.05) is 0 Å². The maximum Gasteiger partial charge on any atom is 0.204 e. The summed E-state index contributed by atoms with van der Waals surface area (Å²) in [6.45, 7) is 8.20. The smallest absolute Gasteiger partial charge is 0.204 e. The maximum absolute atomic E-state index is 10.3. The van der Waals surface area contributed by atoms with Crippen LogP contribution in [0.15, 0.2) is 0 Å². The molecule has 10 heavy (non-hydrogen) atoms. The van der Waals surface area contributed by atoms with E-state index in [-0.39, 0.29) is 5.41 Å². The van der Waals surface area contributed by atoms with Crippen LogP contribution >= 0.6 is 0 Å². The van der Waals surface area contributed by atoms with Gasteiger partial charge in [0.1, 0.15) is 0 Å². The van der Waals surface area contributed by atoms with Crippen LogP contribution < -0.4 is 0 Å². The molecule has 0 fully saturated rings. The van der Waals surface area contributed by atoms with E-state index in [0.717, 1.165) is 12.8 Å². The fourth-order valence-electron chi connectivity index (χ4n) is 0.701. The zero-order valence-corrected chi connectivity index (χ0v) is 7.40. The summed E-state index contributed by atoms with van der Waals surface area (Å²) in [5.41, 5.74) is -0.232. The van der Waals surface area contributed by atoms with Crippen molar-refractivity contribution >= 4 is 6.29 Å². The second-order valence-electron chi connectivity index (χ2n) is 3.92. The second kappa shape index (κ2) is 3.75. The van der Waals surface area contributed by atoms with Gasteiger partial charge in [0.05, 0.1) is 0 Å². The first kappa shape index (κ1) is 9.67. The molecule has 0 N–H and O–H groups in total. The topological polar surface area (TPSA) is 17.1 Å². The first-order valence-corrected chi connectivity index (χ1v) is 3.87. The second-order valence-corrected chi connectivity index (χ2v) is 3.92. The summed E-state index contributed by atoms with van der Waals surface area (Å²) in [6, 6.07) is 0. The van der Waals surface area contributed by atoms with Crippen molar-refractivity contribution in [2.24, 2.45) is 11.3 Å². The van der Waals surface area contributed by atoms with Crippen LogP contribution in [0.2, 0.25) is 0 Å². The summed E-state index contributed by atoms with van der Waals surface area (Å²) in [7, 11) is 0. The van der Waals surface area contributed by atoms with Crippen molar-refractivity contribution in [1.82, 2.24) is 0 Å². The maximum atomic E-state index is 10.3. The molecule has 0 amide bonds. The lowest BCUT2D eigenvalue weighted by atomic mass is 9.87. The quantitative estimate of drug-likeness (QED) is 0.588. The number of carbonyl (C=O) groups excluding carboxylic acids is 1. The average Bonchev–Trinajstić information content (AvgIpc) is 1.85. The summed E-state index contributed by atoms with van der Waals surface area (Å²) in [5.74, 6) is 0.688. The van der Waals surface area contributed by atoms with Gasteiger partial charge < -0.3 is 0 Å². The van der Waals surface area contributed by atoms with Gasteiger partial charge in [0, 0.05) is 5.41 Å². The Morgan fingerprint density at radius 1 is 1.40 bits per heavy atom. The molecule has 0 atom stereocenters. The van der Waals surface area contributed by atoms with E-state index in [0.29, 0.717) is 5.92 Å². The first-order chi connectivity index (χ1) is 4.48. The Morgan fingerprint density at radius 2 is 1.90 bits per heavy atom. The summed E-state index contributed by atoms with van der Waals surface area (Å²) >= 11 is 0. The van der Waals surface area contributed by atoms with Crippen molar-refractivity contribution in [2.45, 2.75) is 40.5 Å². The molecule has 1 nitrogen and oxygen atoms in total. The molecule has 0 saturated heterocycles. The molecular weight excluding hydrogens is 124 g/mol. The van der Waals surface area contributed by atoms with Gasteiger partial charge in [0.2, 0.25) is 6.29 Å². The molecule has 0 aliphatic rings. The van der Waals surface area contributed by atoms with E-state index >= 15 is 0 Å². The molecule has 0 aliphatic heterocycles. The Kier molecular flexibility index (Phi) is 3.62. The third-order valence-electron chi connectivity index (χ3n) is 1.62. The van der Waals surface area contributed by atoms with Crippen LogP contribution in [0, 0.1) is 11.3 Å². The van der Waals surface area contributed by atoms with E-state index < -0.39 is 0 Å². The number of rotatable bonds is 4. The van der Waals surface area contributed by atoms with Crippen molar-refractivity contribution < 1.29 is 4.79 Å². The first-order valence-electron chi connectivity index (χ1n) is 3.87. The third kappa shape index (κ3) is 4.54. The summed E-state index contributed by atoms with van der Waals surface area (Å²) in [4.78, 5) is 10.3. The van der Waals surface area contributed by atoms with Crippen LogP contribution in [0.5, 0.6) is 0 Å². The molecule has 0 spiro atoms. The largest absolute Gasteiger partial charge is 0.290 e. The van der Waals surface area contributed by atoms with Gasteiger partial charge in [0.25, 0.3) is 0 Å². The minimum absolute atomic E-state index is 0.232. The van der Waals surface area contributed by atoms with Gasteiger partial charge in [-0.1, -0.05) is 34.1 Å². The third-order valence-corrected chi connectivity index (χ3v) is 1.62. The predicted molar refractivity (Wildman–Crippen MR) is 43.5 cm³/mol. The molecule has 0 aromatic heterocycles. The van der Waals surface area contributed by atoms with Gasteiger partial charge in [-0.2, -0.15) is 0 Å². The van der Waals surface area contributed by atoms with Crippen LogP contribution in [-0.4, -0.2) is 6.29 Å². The van der Waals surface area contributed by atoms with Crippen LogP contribution in [0.1, 0.15) is 40.5 Å². The Labute approximate surface area is 63.8 Å². The Hall–Kier alpha value is -0.330. The van der Waals surface area contributed by atoms with E-state index in [9.17, 15) is 4.79 Å². The molecule has 1 heteroatoms. The molecule has 0 bridgehead atoms. The van der Waals surface area contributed by atoms with Gasteiger partial charge in [0.15, 0.2) is 0 Å². The molecule has 1 radical (unpaired) electrons. The average molecular weight is 141 g/mol. The highest BCUT2D eigenvalue weighted by atomic mass is 16.1. The highest BCUT2D eigenvalue weighted by molar-refractivity contribution is 5.58. The highest BCUT2D eigenvalue weighted by Gasteiger charge is 2.17. The van der Waals surface area contributed by atoms with Crippen LogP contribution in [0.3, 0.4) is 0 Å². The highest BCUT2D eigenvalue weighted by Crippen LogP contribution is 2.21. The molecule has 0 saturated carbocycles. The van der Waals surface area contributed by atoms with E-state index in [1.807, 2.05) is 20.1 Å². The summed E-state index contributed by atoms with van der Waals surface area (Å²) in [6.07, 6.45) is 4.11. The van der Waals surface area contributed by atoms with Gasteiger partial charge in [-0.3, -0.25) is 4.79 Å². The van der Waals surface area contributed by atoms with Crippen molar-refractivity contribution in [3.05, 3.63) is 0 Å². The fourth-order valence-corrected chi connectivity index (χ4v) is 0.701. The van der Waals surface area contributed by atoms with Crippen LogP contribution in [0.25, 0.3) is 0 Å². The fraction of sp³-hybridized carbons (Fsp3) is 0.889. The lowest BCUT2D eigenvalue weighted by molar-refractivity contribution is 0.384. The molecule has 0 heterocycles. The van der Waals surface area contributed by atoms with Crippen LogP contribution in [0.4, 0.5) is 0 Å². The van der Waals surface area contributed by atoms with E-state index in [1.54, 1.807) is 0 Å². The van der Waals surface area contributed by atoms with Crippen LogP contribution in [-0.2, 0) is 4.79 Å². The van der Waals surface area contributed by atoms with Gasteiger partial charge in [-0.25, -0.2) is 0 Å². The van der Waals surface area contributed by atoms with Crippen molar-refractivity contribution in [1.29, 1.82) is 0 Å². The Balaban J connectivity index is 3.56. The lowest BCUT2D eigenvalue weighted by Crippen LogP contribution is -2.13. The predicted octanol–water partition coefficient (Wildman–Crippen LogP) is 2.56. The van der Waals surface area contributed by atoms with Crippen molar-refractivity contribution in [3.63, 3.8) is 0 Å². The standard InChI is InChI=1S/C9H17O/c1-8(2)5-6-9(3,4)7-10/h8H,5-6H2,1-4H3. The van der Waals surface area contributed by atoms with Gasteiger partial charge >= 0.3 is 0 Å². The summed E-state index contributed by atoms with van der Waals surface area (Å²) in [5, 5.41) is 0. The minimum atomic E-state index is -0.232.